The quantitative estimate of drug-likeness (QED) is 0.850. The van der Waals surface area contributed by atoms with Crippen LogP contribution in [0.4, 0.5) is 0 Å². The van der Waals surface area contributed by atoms with E-state index in [4.69, 9.17) is 0 Å². The molecule has 3 rings (SSSR count). The molecule has 1 aromatic rings. The van der Waals surface area contributed by atoms with Gasteiger partial charge in [0.25, 0.3) is 0 Å². The maximum Gasteiger partial charge on any atom is 0.309 e. The molecule has 1 saturated carbocycles. The second kappa shape index (κ2) is 5.34. The molecular weight excluding hydrogens is 288 g/mol. The van der Waals surface area contributed by atoms with Gasteiger partial charge in [-0.2, -0.15) is 0 Å². The van der Waals surface area contributed by atoms with E-state index in [-0.39, 0.29) is 11.3 Å². The number of aliphatic hydroxyl groups excluding tert-OH is 1. The minimum atomic E-state index is -0.748. The second-order valence-corrected chi connectivity index (χ2v) is 8.30. The zero-order valence-corrected chi connectivity index (χ0v) is 14.6. The average Bonchev–Trinajstić information content (AvgIpc) is 2.49. The Hall–Kier alpha value is -1.35. The summed E-state index contributed by atoms with van der Waals surface area (Å²) in [5.74, 6) is -0.315. The van der Waals surface area contributed by atoms with Crippen LogP contribution in [0.1, 0.15) is 82.1 Å². The van der Waals surface area contributed by atoms with E-state index in [2.05, 4.69) is 39.0 Å². The molecule has 3 nitrogen and oxygen atoms in total. The summed E-state index contributed by atoms with van der Waals surface area (Å²) in [6.45, 7) is 8.39. The van der Waals surface area contributed by atoms with Gasteiger partial charge in [-0.25, -0.2) is 0 Å². The normalized spacial score (nSPS) is 36.4. The molecule has 0 amide bonds. The van der Waals surface area contributed by atoms with E-state index in [0.717, 1.165) is 24.0 Å². The van der Waals surface area contributed by atoms with Gasteiger partial charge < -0.3 is 10.2 Å². The number of aliphatic carboxylic acids is 1. The fourth-order valence-corrected chi connectivity index (χ4v) is 5.06. The number of carbonyl (C=O) groups is 1. The molecule has 0 saturated heterocycles. The monoisotopic (exact) mass is 316 g/mol. The third-order valence-electron chi connectivity index (χ3n) is 6.59. The molecule has 0 unspecified atom stereocenters. The lowest BCUT2D eigenvalue weighted by Gasteiger charge is -2.54. The van der Waals surface area contributed by atoms with E-state index >= 15 is 0 Å². The highest BCUT2D eigenvalue weighted by atomic mass is 16.4. The van der Waals surface area contributed by atoms with Crippen molar-refractivity contribution in [2.24, 2.45) is 11.3 Å². The summed E-state index contributed by atoms with van der Waals surface area (Å²) in [5, 5.41) is 20.6. The first-order chi connectivity index (χ1) is 10.7. The molecule has 3 heteroatoms. The first-order valence-corrected chi connectivity index (χ1v) is 8.76. The van der Waals surface area contributed by atoms with Crippen LogP contribution in [0, 0.1) is 11.3 Å². The van der Waals surface area contributed by atoms with Crippen molar-refractivity contribution < 1.29 is 15.0 Å². The Morgan fingerprint density at radius 2 is 1.96 bits per heavy atom. The molecule has 2 N–H and O–H groups in total. The zero-order valence-electron chi connectivity index (χ0n) is 14.6. The van der Waals surface area contributed by atoms with Crippen LogP contribution in [0.25, 0.3) is 0 Å². The van der Waals surface area contributed by atoms with E-state index in [9.17, 15) is 15.0 Å². The molecule has 0 spiro atoms. The molecule has 0 heterocycles. The van der Waals surface area contributed by atoms with E-state index in [1.54, 1.807) is 0 Å². The lowest BCUT2D eigenvalue weighted by Crippen LogP contribution is -2.53. The molecule has 0 radical (unpaired) electrons. The van der Waals surface area contributed by atoms with Gasteiger partial charge in [-0.1, -0.05) is 45.4 Å². The van der Waals surface area contributed by atoms with Gasteiger partial charge in [0.1, 0.15) is 0 Å². The zero-order chi connectivity index (χ0) is 17.0. The predicted octanol–water partition coefficient (Wildman–Crippen LogP) is 4.40. The number of hydrogen-bond acceptors (Lipinski definition) is 2. The van der Waals surface area contributed by atoms with Crippen LogP contribution in [0.3, 0.4) is 0 Å². The fourth-order valence-electron chi connectivity index (χ4n) is 5.06. The molecule has 126 valence electrons. The van der Waals surface area contributed by atoms with E-state index < -0.39 is 17.5 Å². The number of hydrogen-bond donors (Lipinski definition) is 2. The summed E-state index contributed by atoms with van der Waals surface area (Å²) in [4.78, 5) is 12.0. The van der Waals surface area contributed by atoms with Gasteiger partial charge in [-0.05, 0) is 60.1 Å². The predicted molar refractivity (Wildman–Crippen MR) is 90.5 cm³/mol. The molecule has 2 aliphatic rings. The van der Waals surface area contributed by atoms with Crippen molar-refractivity contribution in [1.29, 1.82) is 0 Å². The second-order valence-electron chi connectivity index (χ2n) is 8.30. The Labute approximate surface area is 138 Å². The highest BCUT2D eigenvalue weighted by Gasteiger charge is 2.56. The lowest BCUT2D eigenvalue weighted by molar-refractivity contribution is -0.159. The molecule has 0 bridgehead atoms. The van der Waals surface area contributed by atoms with Gasteiger partial charge in [0, 0.05) is 0 Å². The molecule has 23 heavy (non-hydrogen) atoms. The third-order valence-corrected chi connectivity index (χ3v) is 6.59. The summed E-state index contributed by atoms with van der Waals surface area (Å²) in [5.41, 5.74) is 2.52. The van der Waals surface area contributed by atoms with Crippen molar-refractivity contribution in [2.75, 3.05) is 0 Å². The number of carboxylic acid groups (broad SMARTS) is 1. The number of carboxylic acids is 1. The van der Waals surface area contributed by atoms with Crippen LogP contribution in [0.2, 0.25) is 0 Å². The van der Waals surface area contributed by atoms with Crippen molar-refractivity contribution >= 4 is 5.97 Å². The highest BCUT2D eigenvalue weighted by molar-refractivity contribution is 5.75. The van der Waals surface area contributed by atoms with Crippen molar-refractivity contribution in [3.63, 3.8) is 0 Å². The number of aliphatic hydroxyl groups is 1. The lowest BCUT2D eigenvalue weighted by atomic mass is 9.49. The van der Waals surface area contributed by atoms with Crippen molar-refractivity contribution in [3.05, 3.63) is 34.9 Å². The van der Waals surface area contributed by atoms with Crippen molar-refractivity contribution in [3.8, 4) is 0 Å². The molecule has 4 atom stereocenters. The highest BCUT2D eigenvalue weighted by Crippen LogP contribution is 2.59. The minimum Gasteiger partial charge on any atom is -0.481 e. The number of rotatable bonds is 2. The SMILES string of the molecule is CC(C)c1ccc2c(c1)[C@H](O)C[C@H]1[C@@]2(C)CCC[C@]1(C)C(=O)O. The van der Waals surface area contributed by atoms with Crippen molar-refractivity contribution in [2.45, 2.75) is 70.8 Å². The van der Waals surface area contributed by atoms with Crippen LogP contribution >= 0.6 is 0 Å². The van der Waals surface area contributed by atoms with Crippen molar-refractivity contribution in [1.82, 2.24) is 0 Å². The smallest absolute Gasteiger partial charge is 0.309 e. The standard InChI is InChI=1S/C20H28O3/c1-12(2)13-6-7-15-14(10-13)16(21)11-17-19(15,3)8-5-9-20(17,4)18(22)23/h6-7,10,12,16-17,21H,5,8-9,11H2,1-4H3,(H,22,23)/t16-,17+,19+,20+/m1/s1. The summed E-state index contributed by atoms with van der Waals surface area (Å²) in [6.07, 6.45) is 2.62. The molecule has 2 aliphatic carbocycles. The van der Waals surface area contributed by atoms with Gasteiger partial charge in [-0.15, -0.1) is 0 Å². The topological polar surface area (TPSA) is 57.5 Å². The van der Waals surface area contributed by atoms with Crippen LogP contribution < -0.4 is 0 Å². The summed E-state index contributed by atoms with van der Waals surface area (Å²) in [6, 6.07) is 6.43. The largest absolute Gasteiger partial charge is 0.481 e. The molecular formula is C20H28O3. The molecule has 0 aromatic heterocycles. The van der Waals surface area contributed by atoms with Crippen LogP contribution in [0.5, 0.6) is 0 Å². The van der Waals surface area contributed by atoms with Crippen LogP contribution in [0.15, 0.2) is 18.2 Å². The molecule has 1 fully saturated rings. The maximum atomic E-state index is 12.0. The first kappa shape index (κ1) is 16.5. The minimum absolute atomic E-state index is 0.0198. The van der Waals surface area contributed by atoms with E-state index in [1.165, 1.54) is 5.56 Å². The Kier molecular flexibility index (Phi) is 3.83. The maximum absolute atomic E-state index is 12.0. The summed E-state index contributed by atoms with van der Waals surface area (Å²) < 4.78 is 0. The summed E-state index contributed by atoms with van der Waals surface area (Å²) >= 11 is 0. The Bertz CT molecular complexity index is 636. The van der Waals surface area contributed by atoms with E-state index in [0.29, 0.717) is 18.8 Å². The number of fused-ring (bicyclic) bond motifs is 3. The Morgan fingerprint density at radius 1 is 1.26 bits per heavy atom. The van der Waals surface area contributed by atoms with Crippen LogP contribution in [-0.2, 0) is 10.2 Å². The fraction of sp³-hybridized carbons (Fsp3) is 0.650. The van der Waals surface area contributed by atoms with Gasteiger partial charge in [0.15, 0.2) is 0 Å². The van der Waals surface area contributed by atoms with Gasteiger partial charge >= 0.3 is 5.97 Å². The first-order valence-electron chi connectivity index (χ1n) is 8.76. The number of benzene rings is 1. The molecule has 1 aromatic carbocycles. The summed E-state index contributed by atoms with van der Waals surface area (Å²) in [7, 11) is 0. The Balaban J connectivity index is 2.14. The van der Waals surface area contributed by atoms with Gasteiger partial charge in [-0.3, -0.25) is 4.79 Å². The van der Waals surface area contributed by atoms with Gasteiger partial charge in [0.05, 0.1) is 11.5 Å². The van der Waals surface area contributed by atoms with Crippen LogP contribution in [-0.4, -0.2) is 16.2 Å². The molecule has 0 aliphatic heterocycles. The van der Waals surface area contributed by atoms with Gasteiger partial charge in [0.2, 0.25) is 0 Å². The van der Waals surface area contributed by atoms with E-state index in [1.807, 2.05) is 6.92 Å². The third kappa shape index (κ3) is 2.32. The average molecular weight is 316 g/mol. The Morgan fingerprint density at radius 3 is 2.57 bits per heavy atom.